The second kappa shape index (κ2) is 7.97. The van der Waals surface area contributed by atoms with Crippen molar-refractivity contribution in [2.24, 2.45) is 5.73 Å². The maximum Gasteiger partial charge on any atom is 0.119 e. The zero-order valence-corrected chi connectivity index (χ0v) is 13.1. The van der Waals surface area contributed by atoms with E-state index in [1.807, 2.05) is 24.3 Å². The minimum atomic E-state index is 0.496. The van der Waals surface area contributed by atoms with Gasteiger partial charge in [0.2, 0.25) is 0 Å². The maximum atomic E-state index is 5.71. The van der Waals surface area contributed by atoms with E-state index in [9.17, 15) is 0 Å². The fourth-order valence-electron chi connectivity index (χ4n) is 1.88. The van der Waals surface area contributed by atoms with Crippen LogP contribution in [-0.2, 0) is 24.3 Å². The number of hydrogen-bond acceptors (Lipinski definition) is 6. The molecular formula is C15H20N2O3S. The van der Waals surface area contributed by atoms with Gasteiger partial charge in [-0.3, -0.25) is 0 Å². The van der Waals surface area contributed by atoms with Gasteiger partial charge in [-0.1, -0.05) is 0 Å². The quantitative estimate of drug-likeness (QED) is 0.811. The van der Waals surface area contributed by atoms with Crippen LogP contribution in [0.4, 0.5) is 0 Å². The largest absolute Gasteiger partial charge is 0.497 e. The van der Waals surface area contributed by atoms with E-state index in [1.165, 1.54) is 0 Å². The molecule has 0 spiro atoms. The van der Waals surface area contributed by atoms with Gasteiger partial charge in [-0.15, -0.1) is 11.3 Å². The summed E-state index contributed by atoms with van der Waals surface area (Å²) in [6.45, 7) is 1.58. The fraction of sp³-hybridized carbons (Fsp3) is 0.400. The van der Waals surface area contributed by atoms with Gasteiger partial charge in [-0.2, -0.15) is 0 Å². The fourth-order valence-corrected chi connectivity index (χ4v) is 2.81. The van der Waals surface area contributed by atoms with Crippen molar-refractivity contribution in [3.63, 3.8) is 0 Å². The molecule has 0 fully saturated rings. The van der Waals surface area contributed by atoms with Crippen molar-refractivity contribution in [3.05, 3.63) is 39.8 Å². The molecule has 114 valence electrons. The molecule has 2 aromatic rings. The van der Waals surface area contributed by atoms with Gasteiger partial charge in [-0.25, -0.2) is 4.98 Å². The van der Waals surface area contributed by atoms with Crippen LogP contribution in [-0.4, -0.2) is 25.8 Å². The summed E-state index contributed by atoms with van der Waals surface area (Å²) in [7, 11) is 3.30. The van der Waals surface area contributed by atoms with Crippen LogP contribution in [0.25, 0.3) is 0 Å². The average Bonchev–Trinajstić information content (AvgIpc) is 2.90. The van der Waals surface area contributed by atoms with E-state index < -0.39 is 0 Å². The molecule has 0 aliphatic rings. The molecule has 2 N–H and O–H groups in total. The topological polar surface area (TPSA) is 66.6 Å². The van der Waals surface area contributed by atoms with Crippen LogP contribution in [0.1, 0.15) is 15.6 Å². The molecule has 0 aliphatic carbocycles. The Kier molecular flexibility index (Phi) is 5.98. The lowest BCUT2D eigenvalue weighted by molar-refractivity contribution is 0.181. The van der Waals surface area contributed by atoms with E-state index in [1.54, 1.807) is 25.6 Å². The second-order valence-corrected chi connectivity index (χ2v) is 5.56. The highest BCUT2D eigenvalue weighted by atomic mass is 32.1. The Morgan fingerprint density at radius 3 is 2.48 bits per heavy atom. The Bertz CT molecular complexity index is 555. The van der Waals surface area contributed by atoms with Gasteiger partial charge in [0.15, 0.2) is 0 Å². The first kappa shape index (κ1) is 15.8. The van der Waals surface area contributed by atoms with Crippen molar-refractivity contribution in [1.29, 1.82) is 0 Å². The number of nitrogens with two attached hydrogens (primary N) is 1. The van der Waals surface area contributed by atoms with Crippen molar-refractivity contribution in [2.45, 2.75) is 19.6 Å². The highest BCUT2D eigenvalue weighted by Gasteiger charge is 2.09. The normalized spacial score (nSPS) is 10.6. The first-order valence-electron chi connectivity index (χ1n) is 6.70. The third kappa shape index (κ3) is 4.42. The standard InChI is InChI=1S/C15H20N2O3S/c1-18-10-13-14(9-16)21-15(17-13)7-8-20-12-5-3-11(19-2)4-6-12/h3-6H,7-10,16H2,1-2H3. The first-order valence-corrected chi connectivity index (χ1v) is 7.51. The molecule has 6 heteroatoms. The number of thiazole rings is 1. The van der Waals surface area contributed by atoms with Gasteiger partial charge >= 0.3 is 0 Å². The highest BCUT2D eigenvalue weighted by Crippen LogP contribution is 2.21. The van der Waals surface area contributed by atoms with Gasteiger partial charge in [0.25, 0.3) is 0 Å². The zero-order chi connectivity index (χ0) is 15.1. The Labute approximate surface area is 128 Å². The molecule has 21 heavy (non-hydrogen) atoms. The zero-order valence-electron chi connectivity index (χ0n) is 12.3. The van der Waals surface area contributed by atoms with Crippen LogP contribution in [0, 0.1) is 0 Å². The lowest BCUT2D eigenvalue weighted by atomic mass is 10.3. The number of benzene rings is 1. The smallest absolute Gasteiger partial charge is 0.119 e. The van der Waals surface area contributed by atoms with E-state index in [-0.39, 0.29) is 0 Å². The molecule has 2 rings (SSSR count). The van der Waals surface area contributed by atoms with Gasteiger partial charge in [0.1, 0.15) is 11.5 Å². The van der Waals surface area contributed by atoms with Crippen molar-refractivity contribution < 1.29 is 14.2 Å². The van der Waals surface area contributed by atoms with Gasteiger partial charge < -0.3 is 19.9 Å². The third-order valence-electron chi connectivity index (χ3n) is 2.93. The van der Waals surface area contributed by atoms with Crippen molar-refractivity contribution in [3.8, 4) is 11.5 Å². The van der Waals surface area contributed by atoms with Gasteiger partial charge in [-0.05, 0) is 24.3 Å². The Hall–Kier alpha value is -1.63. The molecule has 1 aromatic carbocycles. The van der Waals surface area contributed by atoms with Gasteiger partial charge in [0, 0.05) is 25.0 Å². The van der Waals surface area contributed by atoms with Crippen molar-refractivity contribution >= 4 is 11.3 Å². The average molecular weight is 308 g/mol. The van der Waals surface area contributed by atoms with Crippen LogP contribution >= 0.6 is 11.3 Å². The van der Waals surface area contributed by atoms with Crippen LogP contribution < -0.4 is 15.2 Å². The minimum absolute atomic E-state index is 0.496. The summed E-state index contributed by atoms with van der Waals surface area (Å²) in [6, 6.07) is 7.54. The summed E-state index contributed by atoms with van der Waals surface area (Å²) in [5.74, 6) is 1.64. The summed E-state index contributed by atoms with van der Waals surface area (Å²) in [6.07, 6.45) is 0.757. The molecule has 1 heterocycles. The van der Waals surface area contributed by atoms with E-state index in [0.717, 1.165) is 33.5 Å². The molecule has 0 radical (unpaired) electrons. The molecule has 0 unspecified atom stereocenters. The number of rotatable bonds is 8. The third-order valence-corrected chi connectivity index (χ3v) is 4.11. The van der Waals surface area contributed by atoms with Crippen LogP contribution in [0.15, 0.2) is 24.3 Å². The highest BCUT2D eigenvalue weighted by molar-refractivity contribution is 7.11. The number of hydrogen-bond donors (Lipinski definition) is 1. The Balaban J connectivity index is 1.87. The molecule has 0 aliphatic heterocycles. The Morgan fingerprint density at radius 1 is 1.14 bits per heavy atom. The predicted octanol–water partition coefficient (Wildman–Crippen LogP) is 2.38. The molecular weight excluding hydrogens is 288 g/mol. The summed E-state index contributed by atoms with van der Waals surface area (Å²) in [5.41, 5.74) is 6.65. The van der Waals surface area contributed by atoms with E-state index in [2.05, 4.69) is 4.98 Å². The van der Waals surface area contributed by atoms with Crippen molar-refractivity contribution in [1.82, 2.24) is 4.98 Å². The van der Waals surface area contributed by atoms with E-state index in [4.69, 9.17) is 19.9 Å². The number of aromatic nitrogens is 1. The first-order chi connectivity index (χ1) is 10.3. The molecule has 1 aromatic heterocycles. The van der Waals surface area contributed by atoms with Crippen LogP contribution in [0.5, 0.6) is 11.5 Å². The lowest BCUT2D eigenvalue weighted by Crippen LogP contribution is -2.01. The summed E-state index contributed by atoms with van der Waals surface area (Å²) in [4.78, 5) is 5.62. The molecule has 0 saturated carbocycles. The molecule has 0 saturated heterocycles. The molecule has 0 amide bonds. The summed E-state index contributed by atoms with van der Waals surface area (Å²) >= 11 is 1.62. The summed E-state index contributed by atoms with van der Waals surface area (Å²) < 4.78 is 15.9. The molecule has 0 bridgehead atoms. The lowest BCUT2D eigenvalue weighted by Gasteiger charge is -2.05. The SMILES string of the molecule is COCc1nc(CCOc2ccc(OC)cc2)sc1CN. The second-order valence-electron chi connectivity index (χ2n) is 4.39. The van der Waals surface area contributed by atoms with Crippen molar-refractivity contribution in [2.75, 3.05) is 20.8 Å². The molecule has 0 atom stereocenters. The monoisotopic (exact) mass is 308 g/mol. The van der Waals surface area contributed by atoms with E-state index >= 15 is 0 Å². The number of nitrogens with zero attached hydrogens (tertiary/aromatic N) is 1. The number of ether oxygens (including phenoxy) is 3. The maximum absolute atomic E-state index is 5.71. The molecule has 5 nitrogen and oxygen atoms in total. The van der Waals surface area contributed by atoms with Crippen LogP contribution in [0.3, 0.4) is 0 Å². The van der Waals surface area contributed by atoms with Gasteiger partial charge in [0.05, 0.1) is 31.0 Å². The predicted molar refractivity (Wildman–Crippen MR) is 82.9 cm³/mol. The van der Waals surface area contributed by atoms with Crippen LogP contribution in [0.2, 0.25) is 0 Å². The Morgan fingerprint density at radius 2 is 1.86 bits per heavy atom. The number of methoxy groups -OCH3 is 2. The minimum Gasteiger partial charge on any atom is -0.497 e. The summed E-state index contributed by atoms with van der Waals surface area (Å²) in [5, 5.41) is 1.02. The van der Waals surface area contributed by atoms with E-state index in [0.29, 0.717) is 19.8 Å².